The monoisotopic (exact) mass is 246 g/mol. The normalized spacial score (nSPS) is 21.9. The molecular formula is C14H18N2O2. The molecule has 0 spiro atoms. The third kappa shape index (κ3) is 1.75. The van der Waals surface area contributed by atoms with Gasteiger partial charge in [-0.1, -0.05) is 0 Å². The van der Waals surface area contributed by atoms with E-state index >= 15 is 0 Å². The molecule has 18 heavy (non-hydrogen) atoms. The molecule has 96 valence electrons. The molecule has 4 heteroatoms. The van der Waals surface area contributed by atoms with Gasteiger partial charge in [-0.3, -0.25) is 4.79 Å². The first-order valence-electron chi connectivity index (χ1n) is 6.70. The standard InChI is InChI=1S/C14H18N2O2/c1-18-14(7-2-3-8-14)13-15-9-10-11(16-13)5-4-6-12(10)17/h9H,2-8H2,1H3. The second-order valence-electron chi connectivity index (χ2n) is 5.24. The van der Waals surface area contributed by atoms with Crippen LogP contribution in [-0.2, 0) is 16.8 Å². The maximum atomic E-state index is 11.8. The lowest BCUT2D eigenvalue weighted by Gasteiger charge is -2.26. The number of aryl methyl sites for hydroxylation is 1. The molecule has 2 aliphatic carbocycles. The lowest BCUT2D eigenvalue weighted by Crippen LogP contribution is -2.29. The lowest BCUT2D eigenvalue weighted by molar-refractivity contribution is -0.0165. The Labute approximate surface area is 107 Å². The van der Waals surface area contributed by atoms with E-state index in [0.717, 1.165) is 50.0 Å². The third-order valence-corrected chi connectivity index (χ3v) is 4.20. The van der Waals surface area contributed by atoms with Crippen LogP contribution < -0.4 is 0 Å². The van der Waals surface area contributed by atoms with Crippen LogP contribution in [0.25, 0.3) is 0 Å². The first kappa shape index (κ1) is 11.8. The number of hydrogen-bond acceptors (Lipinski definition) is 4. The maximum absolute atomic E-state index is 11.8. The lowest BCUT2D eigenvalue weighted by atomic mass is 9.94. The van der Waals surface area contributed by atoms with Crippen LogP contribution in [0.1, 0.15) is 60.4 Å². The predicted octanol–water partition coefficient (Wildman–Crippen LogP) is 2.41. The van der Waals surface area contributed by atoms with E-state index in [1.54, 1.807) is 13.3 Å². The SMILES string of the molecule is COC1(c2ncc3c(n2)CCCC3=O)CCCC1. The Morgan fingerprint density at radius 1 is 1.22 bits per heavy atom. The summed E-state index contributed by atoms with van der Waals surface area (Å²) in [7, 11) is 1.74. The highest BCUT2D eigenvalue weighted by Crippen LogP contribution is 2.40. The van der Waals surface area contributed by atoms with Gasteiger partial charge >= 0.3 is 0 Å². The average Bonchev–Trinajstić information content (AvgIpc) is 2.89. The van der Waals surface area contributed by atoms with Crippen molar-refractivity contribution in [3.63, 3.8) is 0 Å². The maximum Gasteiger partial charge on any atom is 0.166 e. The van der Waals surface area contributed by atoms with Crippen LogP contribution in [0.5, 0.6) is 0 Å². The smallest absolute Gasteiger partial charge is 0.166 e. The quantitative estimate of drug-likeness (QED) is 0.804. The van der Waals surface area contributed by atoms with Crippen LogP contribution in [0.15, 0.2) is 6.20 Å². The van der Waals surface area contributed by atoms with Crippen molar-refractivity contribution in [2.45, 2.75) is 50.5 Å². The van der Waals surface area contributed by atoms with Gasteiger partial charge in [0.05, 0.1) is 11.3 Å². The Kier molecular flexibility index (Phi) is 2.90. The van der Waals surface area contributed by atoms with Crippen LogP contribution in [0.2, 0.25) is 0 Å². The second kappa shape index (κ2) is 4.43. The van der Waals surface area contributed by atoms with Gasteiger partial charge in [0.25, 0.3) is 0 Å². The topological polar surface area (TPSA) is 52.1 Å². The fourth-order valence-corrected chi connectivity index (χ4v) is 3.08. The van der Waals surface area contributed by atoms with Gasteiger partial charge in [-0.25, -0.2) is 9.97 Å². The molecule has 0 aliphatic heterocycles. The van der Waals surface area contributed by atoms with E-state index in [2.05, 4.69) is 9.97 Å². The molecule has 0 atom stereocenters. The van der Waals surface area contributed by atoms with E-state index in [-0.39, 0.29) is 11.4 Å². The van der Waals surface area contributed by atoms with E-state index in [1.165, 1.54) is 0 Å². The van der Waals surface area contributed by atoms with E-state index in [1.807, 2.05) is 0 Å². The van der Waals surface area contributed by atoms with Gasteiger partial charge in [-0.05, 0) is 38.5 Å². The zero-order valence-electron chi connectivity index (χ0n) is 10.7. The van der Waals surface area contributed by atoms with Crippen LogP contribution in [0.3, 0.4) is 0 Å². The number of nitrogens with zero attached hydrogens (tertiary/aromatic N) is 2. The van der Waals surface area contributed by atoms with Crippen molar-refractivity contribution in [3.8, 4) is 0 Å². The second-order valence-corrected chi connectivity index (χ2v) is 5.24. The Balaban J connectivity index is 2.01. The summed E-state index contributed by atoms with van der Waals surface area (Å²) in [6, 6.07) is 0. The molecule has 0 radical (unpaired) electrons. The number of aromatic nitrogens is 2. The number of ketones is 1. The third-order valence-electron chi connectivity index (χ3n) is 4.20. The molecular weight excluding hydrogens is 228 g/mol. The Hall–Kier alpha value is -1.29. The number of rotatable bonds is 2. The molecule has 0 saturated heterocycles. The molecule has 0 N–H and O–H groups in total. The minimum atomic E-state index is -0.310. The summed E-state index contributed by atoms with van der Waals surface area (Å²) in [5, 5.41) is 0. The number of methoxy groups -OCH3 is 1. The predicted molar refractivity (Wildman–Crippen MR) is 66.5 cm³/mol. The molecule has 3 rings (SSSR count). The highest BCUT2D eigenvalue weighted by atomic mass is 16.5. The van der Waals surface area contributed by atoms with Gasteiger partial charge < -0.3 is 4.74 Å². The molecule has 1 aromatic heterocycles. The largest absolute Gasteiger partial charge is 0.370 e. The summed E-state index contributed by atoms with van der Waals surface area (Å²) in [6.45, 7) is 0. The molecule has 0 aromatic carbocycles. The van der Waals surface area contributed by atoms with E-state index in [4.69, 9.17) is 4.74 Å². The molecule has 2 aliphatic rings. The fourth-order valence-electron chi connectivity index (χ4n) is 3.08. The van der Waals surface area contributed by atoms with Gasteiger partial charge in [0.1, 0.15) is 5.60 Å². The molecule has 0 unspecified atom stereocenters. The minimum Gasteiger partial charge on any atom is -0.370 e. The zero-order chi connectivity index (χ0) is 12.6. The number of carbonyl (C=O) groups is 1. The summed E-state index contributed by atoms with van der Waals surface area (Å²) in [5.74, 6) is 0.955. The number of ether oxygens (including phenoxy) is 1. The van der Waals surface area contributed by atoms with Gasteiger partial charge in [0.2, 0.25) is 0 Å². The van der Waals surface area contributed by atoms with Gasteiger partial charge in [-0.2, -0.15) is 0 Å². The van der Waals surface area contributed by atoms with Gasteiger partial charge in [-0.15, -0.1) is 0 Å². The minimum absolute atomic E-state index is 0.181. The van der Waals surface area contributed by atoms with Crippen molar-refractivity contribution in [1.29, 1.82) is 0 Å². The summed E-state index contributed by atoms with van der Waals surface area (Å²) in [6.07, 6.45) is 8.41. The number of hydrogen-bond donors (Lipinski definition) is 0. The highest BCUT2D eigenvalue weighted by molar-refractivity contribution is 5.97. The molecule has 0 bridgehead atoms. The van der Waals surface area contributed by atoms with Crippen molar-refractivity contribution in [3.05, 3.63) is 23.3 Å². The first-order valence-corrected chi connectivity index (χ1v) is 6.70. The molecule has 4 nitrogen and oxygen atoms in total. The van der Waals surface area contributed by atoms with E-state index in [0.29, 0.717) is 12.0 Å². The Morgan fingerprint density at radius 2 is 2.00 bits per heavy atom. The van der Waals surface area contributed by atoms with Gasteiger partial charge in [0.15, 0.2) is 11.6 Å². The van der Waals surface area contributed by atoms with Crippen molar-refractivity contribution in [2.75, 3.05) is 7.11 Å². The van der Waals surface area contributed by atoms with Crippen LogP contribution in [-0.4, -0.2) is 22.9 Å². The summed E-state index contributed by atoms with van der Waals surface area (Å²) < 4.78 is 5.69. The summed E-state index contributed by atoms with van der Waals surface area (Å²) >= 11 is 0. The number of fused-ring (bicyclic) bond motifs is 1. The van der Waals surface area contributed by atoms with Crippen LogP contribution in [0.4, 0.5) is 0 Å². The first-order chi connectivity index (χ1) is 8.75. The summed E-state index contributed by atoms with van der Waals surface area (Å²) in [4.78, 5) is 20.8. The molecule has 1 aromatic rings. The zero-order valence-corrected chi connectivity index (χ0v) is 10.7. The molecule has 0 amide bonds. The molecule has 1 saturated carbocycles. The molecule has 1 fully saturated rings. The Bertz CT molecular complexity index is 479. The van der Waals surface area contributed by atoms with Crippen LogP contribution in [0, 0.1) is 0 Å². The van der Waals surface area contributed by atoms with Crippen molar-refractivity contribution >= 4 is 5.78 Å². The van der Waals surface area contributed by atoms with E-state index in [9.17, 15) is 4.79 Å². The van der Waals surface area contributed by atoms with Crippen molar-refractivity contribution in [1.82, 2.24) is 9.97 Å². The van der Waals surface area contributed by atoms with Crippen LogP contribution >= 0.6 is 0 Å². The number of Topliss-reactive ketones (excluding diaryl/α,β-unsaturated/α-hetero) is 1. The van der Waals surface area contributed by atoms with Gasteiger partial charge in [0, 0.05) is 19.7 Å². The van der Waals surface area contributed by atoms with E-state index < -0.39 is 0 Å². The highest BCUT2D eigenvalue weighted by Gasteiger charge is 2.39. The van der Waals surface area contributed by atoms with Crippen molar-refractivity contribution in [2.24, 2.45) is 0 Å². The number of carbonyl (C=O) groups excluding carboxylic acids is 1. The average molecular weight is 246 g/mol. The summed E-state index contributed by atoms with van der Waals surface area (Å²) in [5.41, 5.74) is 1.32. The fraction of sp³-hybridized carbons (Fsp3) is 0.643. The molecule has 1 heterocycles. The van der Waals surface area contributed by atoms with Crippen molar-refractivity contribution < 1.29 is 9.53 Å². The Morgan fingerprint density at radius 3 is 2.72 bits per heavy atom.